The van der Waals surface area contributed by atoms with Gasteiger partial charge in [0.1, 0.15) is 5.78 Å². The molecule has 90 valence electrons. The molecule has 0 heterocycles. The molecule has 2 rings (SSSR count). The van der Waals surface area contributed by atoms with Gasteiger partial charge in [-0.25, -0.2) is 0 Å². The first-order valence-corrected chi connectivity index (χ1v) is 6.58. The molecule has 0 unspecified atom stereocenters. The predicted octanol–water partition coefficient (Wildman–Crippen LogP) is 4.27. The highest BCUT2D eigenvalue weighted by Gasteiger charge is 2.41. The minimum Gasteiger partial charge on any atom is -0.299 e. The Morgan fingerprint density at radius 1 is 1.12 bits per heavy atom. The van der Waals surface area contributed by atoms with Crippen molar-refractivity contribution in [1.29, 1.82) is 0 Å². The third-order valence-electron chi connectivity index (χ3n) is 4.92. The van der Waals surface area contributed by atoms with Crippen LogP contribution in [0.5, 0.6) is 0 Å². The molecule has 2 aliphatic rings. The van der Waals surface area contributed by atoms with Crippen LogP contribution in [0.25, 0.3) is 0 Å². The molecule has 0 aliphatic heterocycles. The molecule has 0 bridgehead atoms. The maximum atomic E-state index is 11.8. The van der Waals surface area contributed by atoms with Crippen molar-refractivity contribution < 1.29 is 4.79 Å². The van der Waals surface area contributed by atoms with E-state index in [4.69, 9.17) is 0 Å². The van der Waals surface area contributed by atoms with E-state index in [0.29, 0.717) is 11.2 Å². The molecule has 0 fully saturated rings. The first-order valence-electron chi connectivity index (χ1n) is 6.58. The normalized spacial score (nSPS) is 33.5. The topological polar surface area (TPSA) is 17.1 Å². The van der Waals surface area contributed by atoms with Crippen molar-refractivity contribution in [3.8, 4) is 0 Å². The molecule has 0 amide bonds. The number of ketones is 1. The van der Waals surface area contributed by atoms with Crippen LogP contribution in [0.15, 0.2) is 11.1 Å². The van der Waals surface area contributed by atoms with Gasteiger partial charge in [-0.3, -0.25) is 4.79 Å². The Morgan fingerprint density at radius 3 is 2.44 bits per heavy atom. The van der Waals surface area contributed by atoms with Gasteiger partial charge in [-0.1, -0.05) is 31.9 Å². The van der Waals surface area contributed by atoms with Crippen molar-refractivity contribution in [3.63, 3.8) is 0 Å². The maximum Gasteiger partial charge on any atom is 0.136 e. The van der Waals surface area contributed by atoms with E-state index in [-0.39, 0.29) is 5.41 Å². The van der Waals surface area contributed by atoms with Gasteiger partial charge in [-0.2, -0.15) is 0 Å². The molecule has 0 spiro atoms. The van der Waals surface area contributed by atoms with Crippen molar-refractivity contribution in [2.45, 2.75) is 66.2 Å². The van der Waals surface area contributed by atoms with Crippen molar-refractivity contribution in [2.24, 2.45) is 10.8 Å². The van der Waals surface area contributed by atoms with Crippen molar-refractivity contribution >= 4 is 5.78 Å². The summed E-state index contributed by atoms with van der Waals surface area (Å²) in [7, 11) is 0. The third-order valence-corrected chi connectivity index (χ3v) is 4.92. The summed E-state index contributed by atoms with van der Waals surface area (Å²) in [5, 5.41) is 0. The van der Waals surface area contributed by atoms with Crippen LogP contribution in [-0.4, -0.2) is 5.78 Å². The summed E-state index contributed by atoms with van der Waals surface area (Å²) in [6.45, 7) is 8.63. The predicted molar refractivity (Wildman–Crippen MR) is 67.3 cm³/mol. The zero-order valence-corrected chi connectivity index (χ0v) is 11.2. The highest BCUT2D eigenvalue weighted by Crippen LogP contribution is 2.51. The van der Waals surface area contributed by atoms with E-state index >= 15 is 0 Å². The Hall–Kier alpha value is -0.590. The van der Waals surface area contributed by atoms with Crippen LogP contribution in [0.4, 0.5) is 0 Å². The Bertz CT molecular complexity index is 348. The lowest BCUT2D eigenvalue weighted by molar-refractivity contribution is -0.126. The zero-order chi connectivity index (χ0) is 12.0. The summed E-state index contributed by atoms with van der Waals surface area (Å²) in [4.78, 5) is 11.8. The number of carbonyl (C=O) groups is 1. The van der Waals surface area contributed by atoms with Crippen LogP contribution < -0.4 is 0 Å². The second-order valence-corrected chi connectivity index (χ2v) is 6.61. The molecule has 0 aromatic heterocycles. The highest BCUT2D eigenvalue weighted by atomic mass is 16.1. The number of allylic oxidation sites excluding steroid dienone is 2. The molecule has 0 N–H and O–H groups in total. The second kappa shape index (κ2) is 3.72. The Labute approximate surface area is 99.3 Å². The van der Waals surface area contributed by atoms with Crippen LogP contribution in [0.3, 0.4) is 0 Å². The molecule has 16 heavy (non-hydrogen) atoms. The van der Waals surface area contributed by atoms with Gasteiger partial charge in [0.2, 0.25) is 0 Å². The minimum atomic E-state index is -0.0759. The molecule has 1 heteroatoms. The van der Waals surface area contributed by atoms with Crippen LogP contribution in [0, 0.1) is 10.8 Å². The number of rotatable bonds is 1. The van der Waals surface area contributed by atoms with E-state index in [9.17, 15) is 4.79 Å². The first-order chi connectivity index (χ1) is 7.35. The van der Waals surface area contributed by atoms with Crippen LogP contribution in [-0.2, 0) is 4.79 Å². The van der Waals surface area contributed by atoms with E-state index in [1.54, 1.807) is 18.1 Å². The number of hydrogen-bond acceptors (Lipinski definition) is 1. The number of Topliss-reactive ketones (excluding diaryl/α,β-unsaturated/α-hetero) is 1. The van der Waals surface area contributed by atoms with Crippen LogP contribution >= 0.6 is 0 Å². The SMILES string of the molecule is CC(=O)[C@]1(C)CCC2=C(C1)C(C)(C)CCC2. The van der Waals surface area contributed by atoms with Crippen LogP contribution in [0.2, 0.25) is 0 Å². The maximum absolute atomic E-state index is 11.8. The first kappa shape index (κ1) is 11.9. The third kappa shape index (κ3) is 1.85. The second-order valence-electron chi connectivity index (χ2n) is 6.61. The van der Waals surface area contributed by atoms with Gasteiger partial charge in [-0.05, 0) is 50.9 Å². The number of hydrogen-bond donors (Lipinski definition) is 0. The summed E-state index contributed by atoms with van der Waals surface area (Å²) in [6.07, 6.45) is 7.16. The lowest BCUT2D eigenvalue weighted by atomic mass is 9.61. The lowest BCUT2D eigenvalue weighted by Gasteiger charge is -2.44. The average molecular weight is 220 g/mol. The number of carbonyl (C=O) groups excluding carboxylic acids is 1. The molecule has 1 nitrogen and oxygen atoms in total. The van der Waals surface area contributed by atoms with Gasteiger partial charge in [0, 0.05) is 5.41 Å². The zero-order valence-electron chi connectivity index (χ0n) is 11.2. The largest absolute Gasteiger partial charge is 0.299 e. The van der Waals surface area contributed by atoms with Gasteiger partial charge in [0.15, 0.2) is 0 Å². The molecule has 0 radical (unpaired) electrons. The van der Waals surface area contributed by atoms with Gasteiger partial charge in [-0.15, -0.1) is 0 Å². The lowest BCUT2D eigenvalue weighted by Crippen LogP contribution is -2.35. The monoisotopic (exact) mass is 220 g/mol. The molecule has 0 aromatic rings. The van der Waals surface area contributed by atoms with Gasteiger partial charge < -0.3 is 0 Å². The molecule has 0 saturated heterocycles. The summed E-state index contributed by atoms with van der Waals surface area (Å²) in [5.41, 5.74) is 3.55. The Kier molecular flexibility index (Phi) is 2.76. The average Bonchev–Trinajstić information content (AvgIpc) is 2.19. The van der Waals surface area contributed by atoms with E-state index in [1.165, 1.54) is 19.3 Å². The van der Waals surface area contributed by atoms with Gasteiger partial charge in [0.25, 0.3) is 0 Å². The molecular formula is C15H24O. The van der Waals surface area contributed by atoms with Crippen molar-refractivity contribution in [1.82, 2.24) is 0 Å². The quantitative estimate of drug-likeness (QED) is 0.603. The van der Waals surface area contributed by atoms with Crippen LogP contribution in [0.1, 0.15) is 66.2 Å². The van der Waals surface area contributed by atoms with Crippen molar-refractivity contribution in [3.05, 3.63) is 11.1 Å². The fraction of sp³-hybridized carbons (Fsp3) is 0.800. The van der Waals surface area contributed by atoms with E-state index in [1.807, 2.05) is 0 Å². The molecule has 1 atom stereocenters. The van der Waals surface area contributed by atoms with E-state index < -0.39 is 0 Å². The fourth-order valence-electron chi connectivity index (χ4n) is 3.37. The van der Waals surface area contributed by atoms with Gasteiger partial charge in [0.05, 0.1) is 0 Å². The molecule has 0 aromatic carbocycles. The van der Waals surface area contributed by atoms with Crippen molar-refractivity contribution in [2.75, 3.05) is 0 Å². The fourth-order valence-corrected chi connectivity index (χ4v) is 3.37. The Morgan fingerprint density at radius 2 is 1.81 bits per heavy atom. The summed E-state index contributed by atoms with van der Waals surface area (Å²) < 4.78 is 0. The molecular weight excluding hydrogens is 196 g/mol. The smallest absolute Gasteiger partial charge is 0.136 e. The summed E-state index contributed by atoms with van der Waals surface area (Å²) >= 11 is 0. The highest BCUT2D eigenvalue weighted by molar-refractivity contribution is 5.82. The molecule has 2 aliphatic carbocycles. The standard InChI is InChI=1S/C15H24O/c1-11(16)15(4)9-7-12-6-5-8-14(2,3)13(12)10-15/h5-10H2,1-4H3/t15-/m1/s1. The van der Waals surface area contributed by atoms with Gasteiger partial charge >= 0.3 is 0 Å². The van der Waals surface area contributed by atoms with E-state index in [0.717, 1.165) is 19.3 Å². The Balaban J connectivity index is 2.33. The van der Waals surface area contributed by atoms with E-state index in [2.05, 4.69) is 20.8 Å². The minimum absolute atomic E-state index is 0.0759. The molecule has 0 saturated carbocycles. The summed E-state index contributed by atoms with van der Waals surface area (Å²) in [6, 6.07) is 0. The summed E-state index contributed by atoms with van der Waals surface area (Å²) in [5.74, 6) is 0.375.